The van der Waals surface area contributed by atoms with Crippen molar-refractivity contribution in [3.8, 4) is 0 Å². The van der Waals surface area contributed by atoms with E-state index in [2.05, 4.69) is 47.7 Å². The van der Waals surface area contributed by atoms with Gasteiger partial charge in [0.1, 0.15) is 0 Å². The summed E-state index contributed by atoms with van der Waals surface area (Å²) in [6.45, 7) is 7.45. The van der Waals surface area contributed by atoms with Gasteiger partial charge >= 0.3 is 0 Å². The van der Waals surface area contributed by atoms with E-state index < -0.39 is 8.07 Å². The minimum absolute atomic E-state index is 0.596. The first-order valence-corrected chi connectivity index (χ1v) is 10.0. The fourth-order valence-electron chi connectivity index (χ4n) is 2.40. The Labute approximate surface area is 91.9 Å². The molecule has 0 spiro atoms. The van der Waals surface area contributed by atoms with Crippen LogP contribution in [0.3, 0.4) is 0 Å². The van der Waals surface area contributed by atoms with Crippen LogP contribution < -0.4 is 0 Å². The van der Waals surface area contributed by atoms with Crippen molar-refractivity contribution >= 4 is 24.0 Å². The third-order valence-corrected chi connectivity index (χ3v) is 5.75. The van der Waals surface area contributed by atoms with Gasteiger partial charge in [-0.15, -0.1) is 0 Å². The van der Waals surface area contributed by atoms with Crippen LogP contribution in [-0.4, -0.2) is 13.4 Å². The molecule has 0 aromatic heterocycles. The maximum absolute atomic E-state index is 3.71. The first-order chi connectivity index (χ1) is 5.97. The molecule has 76 valence electrons. The molecule has 0 saturated heterocycles. The fraction of sp³-hybridized carbons (Fsp3) is 0.818. The largest absolute Gasteiger partial charge is 0.0922 e. The first kappa shape index (κ1) is 11.5. The van der Waals surface area contributed by atoms with Gasteiger partial charge in [0.05, 0.1) is 0 Å². The van der Waals surface area contributed by atoms with E-state index in [1.807, 2.05) is 0 Å². The van der Waals surface area contributed by atoms with Crippen molar-refractivity contribution in [1.82, 2.24) is 0 Å². The molecule has 13 heavy (non-hydrogen) atoms. The molecule has 1 aliphatic rings. The molecule has 2 heteroatoms. The molecule has 1 atom stereocenters. The summed E-state index contributed by atoms with van der Waals surface area (Å²) in [5.74, 6) is 0. The zero-order chi connectivity index (χ0) is 9.95. The number of hydrogen-bond donors (Lipinski definition) is 0. The van der Waals surface area contributed by atoms with Crippen LogP contribution >= 0.6 is 15.9 Å². The molecule has 1 aliphatic carbocycles. The Kier molecular flexibility index (Phi) is 3.81. The Morgan fingerprint density at radius 3 is 2.38 bits per heavy atom. The van der Waals surface area contributed by atoms with Gasteiger partial charge in [-0.25, -0.2) is 0 Å². The van der Waals surface area contributed by atoms with Gasteiger partial charge in [-0.1, -0.05) is 53.8 Å². The van der Waals surface area contributed by atoms with Crippen LogP contribution in [0.2, 0.25) is 25.7 Å². The smallest absolute Gasteiger partial charge is 0.0448 e. The molecular weight excluding hydrogens is 240 g/mol. The van der Waals surface area contributed by atoms with Crippen LogP contribution in [0, 0.1) is 5.41 Å². The van der Waals surface area contributed by atoms with Crippen molar-refractivity contribution in [3.05, 3.63) is 12.2 Å². The zero-order valence-corrected chi connectivity index (χ0v) is 11.7. The molecule has 0 nitrogen and oxygen atoms in total. The van der Waals surface area contributed by atoms with E-state index in [0.29, 0.717) is 5.41 Å². The molecule has 0 aromatic rings. The lowest BCUT2D eigenvalue weighted by molar-refractivity contribution is 0.337. The lowest BCUT2D eigenvalue weighted by atomic mass is 9.81. The predicted octanol–water partition coefficient (Wildman–Crippen LogP) is 4.45. The Balaban J connectivity index is 2.64. The minimum atomic E-state index is -0.902. The SMILES string of the molecule is C[Si](C)(C)CC1(CBr)CC=CCC1. The summed E-state index contributed by atoms with van der Waals surface area (Å²) < 4.78 is 0. The molecule has 0 bridgehead atoms. The summed E-state index contributed by atoms with van der Waals surface area (Å²) in [6.07, 6.45) is 8.69. The maximum atomic E-state index is 3.71. The van der Waals surface area contributed by atoms with Gasteiger partial charge in [-0.2, -0.15) is 0 Å². The molecule has 1 unspecified atom stereocenters. The molecule has 0 aliphatic heterocycles. The molecule has 0 aromatic carbocycles. The topological polar surface area (TPSA) is 0 Å². The van der Waals surface area contributed by atoms with Gasteiger partial charge in [0.25, 0.3) is 0 Å². The van der Waals surface area contributed by atoms with Crippen LogP contribution in [0.5, 0.6) is 0 Å². The molecule has 1 rings (SSSR count). The van der Waals surface area contributed by atoms with Crippen LogP contribution in [0.1, 0.15) is 19.3 Å². The summed E-state index contributed by atoms with van der Waals surface area (Å²) in [5.41, 5.74) is 0.596. The van der Waals surface area contributed by atoms with Gasteiger partial charge in [0, 0.05) is 13.4 Å². The van der Waals surface area contributed by atoms with Crippen LogP contribution in [0.15, 0.2) is 12.2 Å². The minimum Gasteiger partial charge on any atom is -0.0922 e. The molecule has 0 fully saturated rings. The normalized spacial score (nSPS) is 29.2. The number of halogens is 1. The first-order valence-electron chi connectivity index (χ1n) is 5.18. The van der Waals surface area contributed by atoms with E-state index >= 15 is 0 Å². The van der Waals surface area contributed by atoms with E-state index in [-0.39, 0.29) is 0 Å². The number of alkyl halides is 1. The Bertz CT molecular complexity index is 193. The Morgan fingerprint density at radius 2 is 2.00 bits per heavy atom. The van der Waals surface area contributed by atoms with Gasteiger partial charge in [-0.3, -0.25) is 0 Å². The van der Waals surface area contributed by atoms with E-state index in [1.54, 1.807) is 0 Å². The molecule has 0 saturated carbocycles. The van der Waals surface area contributed by atoms with Crippen molar-refractivity contribution < 1.29 is 0 Å². The van der Waals surface area contributed by atoms with Crippen LogP contribution in [0.25, 0.3) is 0 Å². The molecule has 0 radical (unpaired) electrons. The summed E-state index contributed by atoms with van der Waals surface area (Å²) in [4.78, 5) is 0. The highest BCUT2D eigenvalue weighted by Crippen LogP contribution is 2.41. The average molecular weight is 261 g/mol. The van der Waals surface area contributed by atoms with Gasteiger partial charge in [-0.05, 0) is 24.7 Å². The van der Waals surface area contributed by atoms with E-state index in [4.69, 9.17) is 0 Å². The molecular formula is C11H21BrSi. The van der Waals surface area contributed by atoms with Crippen molar-refractivity contribution in [2.45, 2.75) is 44.9 Å². The van der Waals surface area contributed by atoms with E-state index in [1.165, 1.54) is 30.6 Å². The van der Waals surface area contributed by atoms with Crippen molar-refractivity contribution in [1.29, 1.82) is 0 Å². The lowest BCUT2D eigenvalue weighted by Crippen LogP contribution is -2.34. The lowest BCUT2D eigenvalue weighted by Gasteiger charge is -2.38. The summed E-state index contributed by atoms with van der Waals surface area (Å²) in [6, 6.07) is 1.47. The molecule has 0 N–H and O–H groups in total. The highest BCUT2D eigenvalue weighted by atomic mass is 79.9. The highest BCUT2D eigenvalue weighted by Gasteiger charge is 2.33. The average Bonchev–Trinajstić information content (AvgIpc) is 2.03. The second kappa shape index (κ2) is 4.31. The quantitative estimate of drug-likeness (QED) is 0.400. The van der Waals surface area contributed by atoms with Gasteiger partial charge in [0.2, 0.25) is 0 Å². The standard InChI is InChI=1S/C11H21BrSi/c1-13(2,3)10-11(9-12)7-5-4-6-8-11/h4-5H,6-10H2,1-3H3. The maximum Gasteiger partial charge on any atom is 0.0448 e. The second-order valence-corrected chi connectivity index (χ2v) is 11.6. The highest BCUT2D eigenvalue weighted by molar-refractivity contribution is 9.09. The van der Waals surface area contributed by atoms with Crippen LogP contribution in [-0.2, 0) is 0 Å². The second-order valence-electron chi connectivity index (χ2n) is 5.59. The van der Waals surface area contributed by atoms with E-state index in [0.717, 1.165) is 0 Å². The summed E-state index contributed by atoms with van der Waals surface area (Å²) in [5, 5.41) is 1.19. The Hall–Kier alpha value is 0.437. The predicted molar refractivity (Wildman–Crippen MR) is 67.4 cm³/mol. The number of allylic oxidation sites excluding steroid dienone is 2. The van der Waals surface area contributed by atoms with Gasteiger partial charge in [0.15, 0.2) is 0 Å². The molecule has 0 heterocycles. The molecule has 0 amide bonds. The number of rotatable bonds is 3. The van der Waals surface area contributed by atoms with Gasteiger partial charge < -0.3 is 0 Å². The summed E-state index contributed by atoms with van der Waals surface area (Å²) >= 11 is 3.71. The number of hydrogen-bond acceptors (Lipinski definition) is 0. The van der Waals surface area contributed by atoms with Crippen molar-refractivity contribution in [2.24, 2.45) is 5.41 Å². The zero-order valence-electron chi connectivity index (χ0n) is 9.07. The third kappa shape index (κ3) is 3.59. The Morgan fingerprint density at radius 1 is 1.31 bits per heavy atom. The van der Waals surface area contributed by atoms with Crippen molar-refractivity contribution in [2.75, 3.05) is 5.33 Å². The van der Waals surface area contributed by atoms with Crippen LogP contribution in [0.4, 0.5) is 0 Å². The monoisotopic (exact) mass is 260 g/mol. The van der Waals surface area contributed by atoms with E-state index in [9.17, 15) is 0 Å². The third-order valence-electron chi connectivity index (χ3n) is 2.75. The summed E-state index contributed by atoms with van der Waals surface area (Å²) in [7, 11) is -0.902. The fourth-order valence-corrected chi connectivity index (χ4v) is 6.17. The van der Waals surface area contributed by atoms with Crippen molar-refractivity contribution in [3.63, 3.8) is 0 Å².